The highest BCUT2D eigenvalue weighted by molar-refractivity contribution is 6.16. The van der Waals surface area contributed by atoms with Crippen molar-refractivity contribution in [2.24, 2.45) is 5.41 Å². The number of pyridine rings is 1. The average molecular weight is 647 g/mol. The number of fused-ring (bicyclic) bond motifs is 1. The zero-order valence-electron chi connectivity index (χ0n) is 26.3. The van der Waals surface area contributed by atoms with Gasteiger partial charge in [0.2, 0.25) is 11.8 Å². The summed E-state index contributed by atoms with van der Waals surface area (Å²) < 4.78 is 51.7. The summed E-state index contributed by atoms with van der Waals surface area (Å²) in [5.74, 6) is -0.777. The second kappa shape index (κ2) is 13.9. The molecule has 2 aliphatic heterocycles. The second-order valence-electron chi connectivity index (χ2n) is 11.7. The predicted molar refractivity (Wildman–Crippen MR) is 172 cm³/mol. The molecule has 47 heavy (non-hydrogen) atoms. The van der Waals surface area contributed by atoms with Gasteiger partial charge in [-0.2, -0.15) is 0 Å². The van der Waals surface area contributed by atoms with Gasteiger partial charge in [-0.3, -0.25) is 19.5 Å². The van der Waals surface area contributed by atoms with E-state index >= 15 is 4.39 Å². The monoisotopic (exact) mass is 646 g/mol. The molecular weight excluding hydrogens is 610 g/mol. The van der Waals surface area contributed by atoms with Crippen LogP contribution in [0.15, 0.2) is 66.9 Å². The van der Waals surface area contributed by atoms with Crippen LogP contribution in [0.1, 0.15) is 19.8 Å². The summed E-state index contributed by atoms with van der Waals surface area (Å²) in [6.07, 6.45) is 2.66. The molecule has 0 unspecified atom stereocenters. The molecule has 0 saturated carbocycles. The van der Waals surface area contributed by atoms with Gasteiger partial charge in [-0.15, -0.1) is 0 Å². The third-order valence-corrected chi connectivity index (χ3v) is 8.57. The summed E-state index contributed by atoms with van der Waals surface area (Å²) in [6, 6.07) is 14.7. The molecule has 1 N–H and O–H groups in total. The molecule has 2 aliphatic rings. The van der Waals surface area contributed by atoms with Crippen LogP contribution in [0.5, 0.6) is 23.0 Å². The number of carbonyl (C=O) groups excluding carboxylic acids is 2. The molecule has 246 valence electrons. The Kier molecular flexibility index (Phi) is 9.50. The number of rotatable bonds is 11. The molecule has 2 amide bonds. The van der Waals surface area contributed by atoms with Crippen molar-refractivity contribution in [1.29, 1.82) is 0 Å². The van der Waals surface area contributed by atoms with Crippen LogP contribution in [0.2, 0.25) is 0 Å². The normalized spacial score (nSPS) is 18.4. The number of benzene rings is 3. The summed E-state index contributed by atoms with van der Waals surface area (Å²) >= 11 is 0. The Bertz CT molecular complexity index is 1770. The van der Waals surface area contributed by atoms with Crippen molar-refractivity contribution in [2.45, 2.75) is 19.8 Å². The van der Waals surface area contributed by atoms with Crippen molar-refractivity contribution in [3.05, 3.63) is 78.5 Å². The smallest absolute Gasteiger partial charge is 0.242 e. The number of nitrogens with zero attached hydrogens (tertiary/aromatic N) is 3. The minimum absolute atomic E-state index is 0.0662. The van der Waals surface area contributed by atoms with Gasteiger partial charge < -0.3 is 29.2 Å². The minimum Gasteiger partial charge on any atom is -0.493 e. The molecule has 10 nitrogen and oxygen atoms in total. The number of anilines is 2. The number of hydrogen-bond acceptors (Lipinski definition) is 8. The highest BCUT2D eigenvalue weighted by atomic mass is 19.1. The third-order valence-electron chi connectivity index (χ3n) is 8.57. The number of carbonyl (C=O) groups is 2. The zero-order chi connectivity index (χ0) is 33.0. The first-order valence-corrected chi connectivity index (χ1v) is 15.5. The number of hydrogen-bond donors (Lipinski definition) is 1. The van der Waals surface area contributed by atoms with Crippen molar-refractivity contribution in [3.8, 4) is 23.0 Å². The first-order valence-electron chi connectivity index (χ1n) is 15.5. The lowest BCUT2D eigenvalue weighted by molar-refractivity contribution is -0.135. The van der Waals surface area contributed by atoms with Gasteiger partial charge in [0.05, 0.1) is 32.4 Å². The van der Waals surface area contributed by atoms with E-state index < -0.39 is 28.9 Å². The largest absolute Gasteiger partial charge is 0.493 e. The molecule has 1 atom stereocenters. The standard InChI is InChI=1S/C35H36F2N4O6/c1-35(11-14-41(34(35)43)25-7-4-23(36)5-8-25)33(42)39-24-6-9-30(27(37)20-24)47-29-10-12-38-28-22-32(31(44-2)21-26(28)29)46-17-3-13-40-15-18-45-19-16-40/h4-10,12,20-22H,3,11,13-19H2,1-2H3,(H,39,42)/t35-/m0/s1. The van der Waals surface area contributed by atoms with Gasteiger partial charge in [0.1, 0.15) is 17.0 Å². The Morgan fingerprint density at radius 1 is 0.979 bits per heavy atom. The zero-order valence-corrected chi connectivity index (χ0v) is 26.3. The third kappa shape index (κ3) is 6.98. The Hall–Kier alpha value is -4.81. The number of methoxy groups -OCH3 is 1. The molecule has 2 fully saturated rings. The van der Waals surface area contributed by atoms with E-state index in [0.29, 0.717) is 47.0 Å². The minimum atomic E-state index is -1.37. The SMILES string of the molecule is COc1cc2c(Oc3ccc(NC(=O)[C@]4(C)CCN(c5ccc(F)cc5)C4=O)cc3F)ccnc2cc1OCCCN1CCOCC1. The fraction of sp³-hybridized carbons (Fsp3) is 0.343. The molecule has 3 aromatic carbocycles. The van der Waals surface area contributed by atoms with E-state index in [9.17, 15) is 14.0 Å². The average Bonchev–Trinajstić information content (AvgIpc) is 3.39. The van der Waals surface area contributed by atoms with Crippen molar-refractivity contribution in [3.63, 3.8) is 0 Å². The van der Waals surface area contributed by atoms with Crippen LogP contribution in [0.25, 0.3) is 10.9 Å². The number of halogens is 2. The molecule has 2 saturated heterocycles. The van der Waals surface area contributed by atoms with Crippen LogP contribution in [-0.2, 0) is 14.3 Å². The molecular formula is C35H36F2N4O6. The van der Waals surface area contributed by atoms with Gasteiger partial charge in [0.25, 0.3) is 0 Å². The first kappa shape index (κ1) is 32.1. The molecule has 3 heterocycles. The maximum Gasteiger partial charge on any atom is 0.242 e. The molecule has 12 heteroatoms. The first-order chi connectivity index (χ1) is 22.7. The van der Waals surface area contributed by atoms with Gasteiger partial charge in [0, 0.05) is 61.3 Å². The molecule has 6 rings (SSSR count). The van der Waals surface area contributed by atoms with Gasteiger partial charge in [-0.25, -0.2) is 8.78 Å². The number of ether oxygens (including phenoxy) is 4. The fourth-order valence-electron chi connectivity index (χ4n) is 5.75. The van der Waals surface area contributed by atoms with Gasteiger partial charge in [-0.05, 0) is 68.3 Å². The van der Waals surface area contributed by atoms with Gasteiger partial charge >= 0.3 is 0 Å². The lowest BCUT2D eigenvalue weighted by Gasteiger charge is -2.26. The van der Waals surface area contributed by atoms with Crippen molar-refractivity contribution in [1.82, 2.24) is 9.88 Å². The van der Waals surface area contributed by atoms with Crippen molar-refractivity contribution < 1.29 is 37.3 Å². The second-order valence-corrected chi connectivity index (χ2v) is 11.7. The Morgan fingerprint density at radius 2 is 1.77 bits per heavy atom. The highest BCUT2D eigenvalue weighted by Crippen LogP contribution is 2.39. The van der Waals surface area contributed by atoms with E-state index in [2.05, 4.69) is 15.2 Å². The van der Waals surface area contributed by atoms with E-state index in [1.54, 1.807) is 38.4 Å². The summed E-state index contributed by atoms with van der Waals surface area (Å²) in [5, 5.41) is 3.26. The predicted octanol–water partition coefficient (Wildman–Crippen LogP) is 5.80. The van der Waals surface area contributed by atoms with E-state index in [4.69, 9.17) is 18.9 Å². The summed E-state index contributed by atoms with van der Waals surface area (Å²) in [7, 11) is 1.55. The van der Waals surface area contributed by atoms with Crippen LogP contribution >= 0.6 is 0 Å². The molecule has 0 radical (unpaired) electrons. The van der Waals surface area contributed by atoms with Crippen molar-refractivity contribution in [2.75, 3.05) is 63.3 Å². The van der Waals surface area contributed by atoms with Crippen LogP contribution in [-0.4, -0.2) is 74.8 Å². The van der Waals surface area contributed by atoms with Crippen molar-refractivity contribution >= 4 is 34.1 Å². The van der Waals surface area contributed by atoms with Gasteiger partial charge in [0.15, 0.2) is 23.1 Å². The quantitative estimate of drug-likeness (QED) is 0.161. The fourth-order valence-corrected chi connectivity index (χ4v) is 5.75. The van der Waals surface area contributed by atoms with Crippen LogP contribution < -0.4 is 24.4 Å². The number of nitrogens with one attached hydrogen (secondary N) is 1. The Morgan fingerprint density at radius 3 is 2.51 bits per heavy atom. The highest BCUT2D eigenvalue weighted by Gasteiger charge is 2.49. The van der Waals surface area contributed by atoms with Crippen LogP contribution in [0.4, 0.5) is 20.2 Å². The maximum atomic E-state index is 15.3. The number of aromatic nitrogens is 1. The maximum absolute atomic E-state index is 15.3. The van der Waals surface area contributed by atoms with Crippen LogP contribution in [0, 0.1) is 17.0 Å². The molecule has 0 bridgehead atoms. The summed E-state index contributed by atoms with van der Waals surface area (Å²) in [4.78, 5) is 34.7. The van der Waals surface area contributed by atoms with E-state index in [1.165, 1.54) is 41.3 Å². The van der Waals surface area contributed by atoms with Gasteiger partial charge in [-0.1, -0.05) is 0 Å². The Balaban J connectivity index is 1.11. The molecule has 0 aliphatic carbocycles. The summed E-state index contributed by atoms with van der Waals surface area (Å²) in [6.45, 7) is 6.60. The topological polar surface area (TPSA) is 102 Å². The lowest BCUT2D eigenvalue weighted by atomic mass is 9.87. The van der Waals surface area contributed by atoms with E-state index in [-0.39, 0.29) is 17.9 Å². The number of morpholine rings is 1. The summed E-state index contributed by atoms with van der Waals surface area (Å²) in [5.41, 5.74) is -0.115. The lowest BCUT2D eigenvalue weighted by Crippen LogP contribution is -2.41. The van der Waals surface area contributed by atoms with E-state index in [1.807, 2.05) is 0 Å². The van der Waals surface area contributed by atoms with Crippen LogP contribution in [0.3, 0.4) is 0 Å². The Labute approximate surface area is 271 Å². The molecule has 0 spiro atoms. The molecule has 4 aromatic rings. The van der Waals surface area contributed by atoms with E-state index in [0.717, 1.165) is 45.3 Å². The number of amides is 2. The molecule has 1 aromatic heterocycles.